The molecule has 0 unspecified atom stereocenters. The van der Waals surface area contributed by atoms with Crippen molar-refractivity contribution in [2.75, 3.05) is 0 Å². The zero-order valence-electron chi connectivity index (χ0n) is 18.7. The normalized spacial score (nSPS) is 12.0. The summed E-state index contributed by atoms with van der Waals surface area (Å²) in [6.07, 6.45) is -6.24. The third-order valence-electron chi connectivity index (χ3n) is 5.70. The van der Waals surface area contributed by atoms with E-state index < -0.39 is 122 Å². The van der Waals surface area contributed by atoms with Crippen LogP contribution in [0.5, 0.6) is 0 Å². The molecule has 0 aliphatic carbocycles. The molecule has 0 N–H and O–H groups in total. The van der Waals surface area contributed by atoms with E-state index in [2.05, 4.69) is 4.74 Å². The highest BCUT2D eigenvalue weighted by Crippen LogP contribution is 2.28. The fourth-order valence-electron chi connectivity index (χ4n) is 4.04. The number of hydrogen-bond acceptors (Lipinski definition) is 2. The highest BCUT2D eigenvalue weighted by atomic mass is 19.2. The topological polar surface area (TPSA) is 26.3 Å². The molecule has 0 spiro atoms. The van der Waals surface area contributed by atoms with Gasteiger partial charge in [0.25, 0.3) is 0 Å². The van der Waals surface area contributed by atoms with Gasteiger partial charge in [0.1, 0.15) is 41.0 Å². The van der Waals surface area contributed by atoms with Gasteiger partial charge in [-0.2, -0.15) is 5.98 Å². The van der Waals surface area contributed by atoms with Crippen LogP contribution in [-0.2, 0) is 9.53 Å². The van der Waals surface area contributed by atoms with Crippen molar-refractivity contribution in [3.63, 3.8) is 0 Å². The summed E-state index contributed by atoms with van der Waals surface area (Å²) in [4.78, 5) is 11.2. The van der Waals surface area contributed by atoms with Gasteiger partial charge in [0.05, 0.1) is 6.26 Å². The third kappa shape index (κ3) is 4.25. The van der Waals surface area contributed by atoms with Crippen LogP contribution in [0.4, 0.5) is 65.9 Å². The van der Waals surface area contributed by atoms with Crippen LogP contribution >= 0.6 is 0 Å². The van der Waals surface area contributed by atoms with Crippen molar-refractivity contribution in [1.29, 1.82) is 0 Å². The van der Waals surface area contributed by atoms with E-state index in [1.807, 2.05) is 0 Å². The summed E-state index contributed by atoms with van der Waals surface area (Å²) in [5.74, 6) is -49.0. The number of carbonyl (C=O) groups is 1. The van der Waals surface area contributed by atoms with Gasteiger partial charge in [0.2, 0.25) is 0 Å². The maximum Gasteiger partial charge on any atom is 0.307 e. The molecule has 40 heavy (non-hydrogen) atoms. The van der Waals surface area contributed by atoms with Gasteiger partial charge in [-0.25, -0.2) is 65.9 Å². The number of carbonyl (C=O) groups excluding carboxylic acids is 1. The Morgan fingerprint density at radius 2 is 0.650 bits per heavy atom. The van der Waals surface area contributed by atoms with Gasteiger partial charge in [-0.3, -0.25) is 4.79 Å². The van der Waals surface area contributed by atoms with E-state index in [4.69, 9.17) is 0 Å². The van der Waals surface area contributed by atoms with Crippen molar-refractivity contribution in [1.82, 2.24) is 0 Å². The summed E-state index contributed by atoms with van der Waals surface area (Å²) < 4.78 is 221. The number of ether oxygens (including phenoxy) is 1. The van der Waals surface area contributed by atoms with Crippen molar-refractivity contribution < 1.29 is 75.4 Å². The van der Waals surface area contributed by atoms with Crippen LogP contribution in [-0.4, -0.2) is 12.1 Å². The molecule has 0 saturated carbocycles. The monoisotopic (exact) mass is 597 g/mol. The van der Waals surface area contributed by atoms with E-state index in [0.717, 1.165) is 0 Å². The van der Waals surface area contributed by atoms with E-state index in [1.54, 1.807) is 0 Å². The molecule has 0 fully saturated rings. The number of benzene rings is 3. The molecule has 0 heterocycles. The van der Waals surface area contributed by atoms with Gasteiger partial charge in [-0.15, -0.1) is 16.4 Å². The average molecular weight is 597 g/mol. The molecule has 3 rings (SSSR count). The predicted octanol–water partition coefficient (Wildman–Crippen LogP) is 4.86. The summed E-state index contributed by atoms with van der Waals surface area (Å²) in [6.45, 7) is 0.522. The van der Waals surface area contributed by atoms with Crippen LogP contribution in [0.25, 0.3) is 0 Å². The molecule has 214 valence electrons. The first kappa shape index (κ1) is 30.4. The van der Waals surface area contributed by atoms with E-state index in [-0.39, 0.29) is 6.26 Å². The van der Waals surface area contributed by atoms with Crippen molar-refractivity contribution in [3.05, 3.63) is 99.5 Å². The molecule has 0 radical (unpaired) electrons. The van der Waals surface area contributed by atoms with Gasteiger partial charge in [-0.1, -0.05) is 0 Å². The van der Waals surface area contributed by atoms with Crippen molar-refractivity contribution in [3.8, 4) is 0 Å². The van der Waals surface area contributed by atoms with Gasteiger partial charge in [0, 0.05) is 6.92 Å². The molecule has 0 amide bonds. The van der Waals surface area contributed by atoms with Crippen LogP contribution in [0.2, 0.25) is 0 Å². The average Bonchev–Trinajstić information content (AvgIpc) is 2.90. The Hall–Kier alpha value is -4.12. The standard InChI is InChI=1S/C22H5BF15O2/c1-4(39)40-3-2-23(5-8(24)14(30)20(36)15(31)9(5)25,6-10(26)16(32)21(37)17(33)11(6)27)7-12(28)18(34)22(38)19(35)13(7)29/h2-3H,1H3/q-1/b3-2+. The summed E-state index contributed by atoms with van der Waals surface area (Å²) in [5.41, 5.74) is -8.52. The third-order valence-corrected chi connectivity index (χ3v) is 5.70. The Labute approximate surface area is 211 Å². The fraction of sp³-hybridized carbons (Fsp3) is 0.0455. The Morgan fingerprint density at radius 1 is 0.450 bits per heavy atom. The molecule has 0 saturated heterocycles. The highest BCUT2D eigenvalue weighted by Gasteiger charge is 2.46. The lowest BCUT2D eigenvalue weighted by atomic mass is 9.15. The minimum absolute atomic E-state index is 0.337. The molecule has 3 aromatic rings. The van der Waals surface area contributed by atoms with E-state index in [9.17, 15) is 44.3 Å². The Morgan fingerprint density at radius 3 is 0.850 bits per heavy atom. The van der Waals surface area contributed by atoms with Crippen LogP contribution in [0, 0.1) is 87.3 Å². The first-order valence-electron chi connectivity index (χ1n) is 10.0. The number of rotatable bonds is 5. The lowest BCUT2D eigenvalue weighted by Crippen LogP contribution is -2.72. The van der Waals surface area contributed by atoms with E-state index in [0.29, 0.717) is 6.92 Å². The quantitative estimate of drug-likeness (QED) is 0.105. The van der Waals surface area contributed by atoms with Crippen molar-refractivity contribution in [2.45, 2.75) is 6.92 Å². The second kappa shape index (κ2) is 10.5. The van der Waals surface area contributed by atoms with Crippen LogP contribution in [0.3, 0.4) is 0 Å². The minimum Gasteiger partial charge on any atom is -0.439 e. The van der Waals surface area contributed by atoms with Crippen LogP contribution < -0.4 is 16.4 Å². The van der Waals surface area contributed by atoms with E-state index in [1.165, 1.54) is 0 Å². The largest absolute Gasteiger partial charge is 0.439 e. The predicted molar refractivity (Wildman–Crippen MR) is 104 cm³/mol. The molecular formula is C22H5BF15O2-. The Bertz CT molecular complexity index is 1360. The summed E-state index contributed by atoms with van der Waals surface area (Å²) >= 11 is 0. The zero-order valence-corrected chi connectivity index (χ0v) is 18.7. The lowest BCUT2D eigenvalue weighted by molar-refractivity contribution is -0.135. The molecule has 18 heteroatoms. The number of hydrogen-bond donors (Lipinski definition) is 0. The summed E-state index contributed by atoms with van der Waals surface area (Å²) in [6, 6.07) is 0. The fourth-order valence-corrected chi connectivity index (χ4v) is 4.04. The molecule has 0 atom stereocenters. The van der Waals surface area contributed by atoms with Crippen molar-refractivity contribution in [2.24, 2.45) is 0 Å². The van der Waals surface area contributed by atoms with E-state index >= 15 is 26.3 Å². The van der Waals surface area contributed by atoms with Crippen molar-refractivity contribution >= 4 is 28.5 Å². The van der Waals surface area contributed by atoms with Crippen LogP contribution in [0.15, 0.2) is 12.2 Å². The smallest absolute Gasteiger partial charge is 0.307 e. The molecular weight excluding hydrogens is 592 g/mol. The van der Waals surface area contributed by atoms with Crippen LogP contribution in [0.1, 0.15) is 6.92 Å². The Kier molecular flexibility index (Phi) is 7.96. The van der Waals surface area contributed by atoms with Gasteiger partial charge in [-0.05, 0) is 0 Å². The first-order valence-corrected chi connectivity index (χ1v) is 10.0. The molecule has 3 aromatic carbocycles. The molecule has 0 aliphatic heterocycles. The Balaban J connectivity index is 2.90. The molecule has 2 nitrogen and oxygen atoms in total. The highest BCUT2D eigenvalue weighted by molar-refractivity contribution is 7.15. The first-order chi connectivity index (χ1) is 18.4. The lowest BCUT2D eigenvalue weighted by Gasteiger charge is -2.41. The van der Waals surface area contributed by atoms with Gasteiger partial charge in [0.15, 0.2) is 52.4 Å². The number of halogens is 15. The SMILES string of the molecule is CC(=O)O/C=C/[B-](c1c(F)c(F)c(F)c(F)c1F)(c1c(F)c(F)c(F)c(F)c1F)c1c(F)c(F)c(F)c(F)c1F. The van der Waals surface area contributed by atoms with Gasteiger partial charge >= 0.3 is 5.97 Å². The number of esters is 1. The maximum absolute atomic E-state index is 15.1. The second-order valence-electron chi connectivity index (χ2n) is 7.82. The summed E-state index contributed by atoms with van der Waals surface area (Å²) in [7, 11) is 0. The maximum atomic E-state index is 15.1. The van der Waals surface area contributed by atoms with Gasteiger partial charge < -0.3 is 4.74 Å². The second-order valence-corrected chi connectivity index (χ2v) is 7.82. The molecule has 0 bridgehead atoms. The molecule has 0 aromatic heterocycles. The zero-order chi connectivity index (χ0) is 30.6. The molecule has 0 aliphatic rings. The summed E-state index contributed by atoms with van der Waals surface area (Å²) in [5, 5.41) is 0. The minimum atomic E-state index is -5.90.